The van der Waals surface area contributed by atoms with E-state index in [4.69, 9.17) is 4.42 Å². The summed E-state index contributed by atoms with van der Waals surface area (Å²) in [5.74, 6) is 1.000. The Morgan fingerprint density at radius 1 is 1.24 bits per heavy atom. The lowest BCUT2D eigenvalue weighted by atomic mass is 10.1. The Bertz CT molecular complexity index is 739. The topological polar surface area (TPSA) is 43.0 Å². The smallest absolute Gasteiger partial charge is 0.134 e. The largest absolute Gasteiger partial charge is 0.459 e. The van der Waals surface area contributed by atoms with Crippen molar-refractivity contribution in [3.05, 3.63) is 53.5 Å². The average Bonchev–Trinajstić information content (AvgIpc) is 3.02. The number of aryl methyl sites for hydroxylation is 1. The molecule has 3 rings (SSSR count). The zero-order valence-electron chi connectivity index (χ0n) is 12.8. The van der Waals surface area contributed by atoms with E-state index in [1.165, 1.54) is 10.9 Å². The van der Waals surface area contributed by atoms with Gasteiger partial charge in [0.05, 0.1) is 13.1 Å². The monoisotopic (exact) mass is 283 g/mol. The zero-order valence-corrected chi connectivity index (χ0v) is 12.8. The number of nitrogens with zero attached hydrogens (tertiary/aromatic N) is 2. The fourth-order valence-corrected chi connectivity index (χ4v) is 2.48. The van der Waals surface area contributed by atoms with Gasteiger partial charge in [-0.1, -0.05) is 32.0 Å². The number of benzene rings is 1. The number of nitrogens with one attached hydrogen (secondary N) is 1. The lowest BCUT2D eigenvalue weighted by Crippen LogP contribution is -2.22. The van der Waals surface area contributed by atoms with Crippen LogP contribution in [0.5, 0.6) is 0 Å². The Morgan fingerprint density at radius 2 is 2.05 bits per heavy atom. The lowest BCUT2D eigenvalue weighted by molar-refractivity contribution is 0.479. The van der Waals surface area contributed by atoms with E-state index in [-0.39, 0.29) is 0 Å². The summed E-state index contributed by atoms with van der Waals surface area (Å²) in [6.45, 7) is 7.83. The summed E-state index contributed by atoms with van der Waals surface area (Å²) in [7, 11) is 0. The van der Waals surface area contributed by atoms with E-state index in [1.807, 2.05) is 29.1 Å². The quantitative estimate of drug-likeness (QED) is 0.779. The molecule has 21 heavy (non-hydrogen) atoms. The van der Waals surface area contributed by atoms with Gasteiger partial charge < -0.3 is 9.73 Å². The van der Waals surface area contributed by atoms with Gasteiger partial charge in [-0.25, -0.2) is 0 Å². The second-order valence-corrected chi connectivity index (χ2v) is 5.67. The third kappa shape index (κ3) is 2.85. The Labute approximate surface area is 124 Å². The van der Waals surface area contributed by atoms with Crippen LogP contribution in [0.3, 0.4) is 0 Å². The lowest BCUT2D eigenvalue weighted by Gasteiger charge is -2.09. The molecule has 1 N–H and O–H groups in total. The maximum Gasteiger partial charge on any atom is 0.134 e. The molecular formula is C17H21N3O. The number of rotatable bonds is 5. The molecule has 2 heterocycles. The Morgan fingerprint density at radius 3 is 2.76 bits per heavy atom. The van der Waals surface area contributed by atoms with Crippen LogP contribution in [0.4, 0.5) is 0 Å². The van der Waals surface area contributed by atoms with Crippen LogP contribution in [0.2, 0.25) is 0 Å². The summed E-state index contributed by atoms with van der Waals surface area (Å²) in [6.07, 6.45) is 1.84. The first-order valence-electron chi connectivity index (χ1n) is 7.36. The molecule has 4 heteroatoms. The summed E-state index contributed by atoms with van der Waals surface area (Å²) in [5.41, 5.74) is 3.31. The van der Waals surface area contributed by atoms with Crippen molar-refractivity contribution in [2.24, 2.45) is 0 Å². The molecule has 0 atom stereocenters. The minimum Gasteiger partial charge on any atom is -0.459 e. The second kappa shape index (κ2) is 5.74. The minimum atomic E-state index is 0.428. The Kier molecular flexibility index (Phi) is 3.80. The number of para-hydroxylation sites is 1. The molecule has 3 aromatic rings. The van der Waals surface area contributed by atoms with Crippen molar-refractivity contribution in [3.63, 3.8) is 0 Å². The van der Waals surface area contributed by atoms with Crippen molar-refractivity contribution in [3.8, 4) is 0 Å². The molecule has 2 aromatic heterocycles. The van der Waals surface area contributed by atoms with Crippen LogP contribution >= 0.6 is 0 Å². The van der Waals surface area contributed by atoms with Crippen LogP contribution in [0.25, 0.3) is 11.0 Å². The third-order valence-corrected chi connectivity index (χ3v) is 3.69. The van der Waals surface area contributed by atoms with Gasteiger partial charge in [-0.05, 0) is 19.1 Å². The van der Waals surface area contributed by atoms with Crippen molar-refractivity contribution in [1.82, 2.24) is 15.1 Å². The molecule has 0 saturated heterocycles. The van der Waals surface area contributed by atoms with Crippen LogP contribution in [-0.4, -0.2) is 15.8 Å². The summed E-state index contributed by atoms with van der Waals surface area (Å²) < 4.78 is 8.04. The van der Waals surface area contributed by atoms with Crippen LogP contribution in [-0.2, 0) is 13.1 Å². The van der Waals surface area contributed by atoms with Gasteiger partial charge in [0, 0.05) is 28.9 Å². The number of aromatic nitrogens is 2. The highest BCUT2D eigenvalue weighted by atomic mass is 16.3. The summed E-state index contributed by atoms with van der Waals surface area (Å²) in [6, 6.07) is 10.6. The molecule has 0 aliphatic rings. The molecular weight excluding hydrogens is 262 g/mol. The molecule has 0 radical (unpaired) electrons. The van der Waals surface area contributed by atoms with E-state index in [0.717, 1.165) is 30.1 Å². The van der Waals surface area contributed by atoms with Crippen LogP contribution < -0.4 is 5.32 Å². The standard InChI is InChI=1S/C17H21N3O/c1-12(2)18-10-17-15(11-20-13(3)8-9-19-20)14-6-4-5-7-16(14)21-17/h4-9,12,18H,10-11H2,1-3H3. The van der Waals surface area contributed by atoms with Crippen molar-refractivity contribution in [2.75, 3.05) is 0 Å². The fourth-order valence-electron chi connectivity index (χ4n) is 2.48. The molecule has 0 amide bonds. The highest BCUT2D eigenvalue weighted by molar-refractivity contribution is 5.82. The van der Waals surface area contributed by atoms with E-state index < -0.39 is 0 Å². The average molecular weight is 283 g/mol. The normalized spacial score (nSPS) is 11.6. The second-order valence-electron chi connectivity index (χ2n) is 5.67. The summed E-state index contributed by atoms with van der Waals surface area (Å²) >= 11 is 0. The maximum atomic E-state index is 6.03. The number of hydrogen-bond acceptors (Lipinski definition) is 3. The van der Waals surface area contributed by atoms with E-state index in [1.54, 1.807) is 0 Å². The molecule has 0 unspecified atom stereocenters. The first-order chi connectivity index (χ1) is 10.1. The number of furan rings is 1. The zero-order chi connectivity index (χ0) is 14.8. The molecule has 0 saturated carbocycles. The summed E-state index contributed by atoms with van der Waals surface area (Å²) in [5, 5.41) is 9.00. The molecule has 0 aliphatic heterocycles. The molecule has 1 aromatic carbocycles. The summed E-state index contributed by atoms with van der Waals surface area (Å²) in [4.78, 5) is 0. The minimum absolute atomic E-state index is 0.428. The molecule has 0 spiro atoms. The van der Waals surface area contributed by atoms with Crippen molar-refractivity contribution >= 4 is 11.0 Å². The van der Waals surface area contributed by atoms with Gasteiger partial charge in [0.15, 0.2) is 0 Å². The number of hydrogen-bond donors (Lipinski definition) is 1. The van der Waals surface area contributed by atoms with Crippen molar-refractivity contribution in [1.29, 1.82) is 0 Å². The van der Waals surface area contributed by atoms with E-state index in [9.17, 15) is 0 Å². The first-order valence-corrected chi connectivity index (χ1v) is 7.36. The van der Waals surface area contributed by atoms with Gasteiger partial charge >= 0.3 is 0 Å². The highest BCUT2D eigenvalue weighted by Gasteiger charge is 2.15. The molecule has 4 nitrogen and oxygen atoms in total. The molecule has 0 bridgehead atoms. The maximum absolute atomic E-state index is 6.03. The highest BCUT2D eigenvalue weighted by Crippen LogP contribution is 2.27. The van der Waals surface area contributed by atoms with E-state index in [2.05, 4.69) is 43.3 Å². The van der Waals surface area contributed by atoms with Gasteiger partial charge in [-0.15, -0.1) is 0 Å². The van der Waals surface area contributed by atoms with Gasteiger partial charge in [0.25, 0.3) is 0 Å². The SMILES string of the molecule is Cc1ccnn1Cc1c(CNC(C)C)oc2ccccc12. The van der Waals surface area contributed by atoms with Gasteiger partial charge in [0.1, 0.15) is 11.3 Å². The van der Waals surface area contributed by atoms with Crippen molar-refractivity contribution in [2.45, 2.75) is 39.9 Å². The first kappa shape index (κ1) is 13.9. The molecule has 0 fully saturated rings. The third-order valence-electron chi connectivity index (χ3n) is 3.69. The van der Waals surface area contributed by atoms with Gasteiger partial charge in [-0.2, -0.15) is 5.10 Å². The van der Waals surface area contributed by atoms with E-state index >= 15 is 0 Å². The Hall–Kier alpha value is -2.07. The van der Waals surface area contributed by atoms with Gasteiger partial charge in [0.2, 0.25) is 0 Å². The van der Waals surface area contributed by atoms with Gasteiger partial charge in [-0.3, -0.25) is 4.68 Å². The predicted octanol–water partition coefficient (Wildman–Crippen LogP) is 3.48. The van der Waals surface area contributed by atoms with Crippen LogP contribution in [0.15, 0.2) is 40.9 Å². The Balaban J connectivity index is 2.00. The van der Waals surface area contributed by atoms with Crippen LogP contribution in [0, 0.1) is 6.92 Å². The fraction of sp³-hybridized carbons (Fsp3) is 0.353. The molecule has 0 aliphatic carbocycles. The van der Waals surface area contributed by atoms with E-state index in [0.29, 0.717) is 6.04 Å². The number of fused-ring (bicyclic) bond motifs is 1. The van der Waals surface area contributed by atoms with Crippen LogP contribution in [0.1, 0.15) is 30.9 Å². The molecule has 110 valence electrons. The van der Waals surface area contributed by atoms with Crippen molar-refractivity contribution < 1.29 is 4.42 Å². The predicted molar refractivity (Wildman–Crippen MR) is 84.3 cm³/mol.